The van der Waals surface area contributed by atoms with Crippen LogP contribution in [0, 0.1) is 5.82 Å². The molecule has 1 rings (SSSR count). The van der Waals surface area contributed by atoms with Crippen LogP contribution in [0.5, 0.6) is 11.5 Å². The zero-order valence-corrected chi connectivity index (χ0v) is 5.87. The van der Waals surface area contributed by atoms with Crippen molar-refractivity contribution in [2.75, 3.05) is 7.11 Å². The van der Waals surface area contributed by atoms with Crippen molar-refractivity contribution in [1.82, 2.24) is 0 Å². The molecule has 60 valence electrons. The first kappa shape index (κ1) is 7.81. The van der Waals surface area contributed by atoms with E-state index < -0.39 is 5.82 Å². The topological polar surface area (TPSA) is 38.7 Å². The molecule has 0 aromatic heterocycles. The van der Waals surface area contributed by atoms with E-state index in [2.05, 4.69) is 9.62 Å². The third-order valence-corrected chi connectivity index (χ3v) is 1.23. The van der Waals surface area contributed by atoms with Crippen LogP contribution < -0.4 is 9.62 Å². The summed E-state index contributed by atoms with van der Waals surface area (Å²) in [4.78, 5) is 3.80. The van der Waals surface area contributed by atoms with Crippen LogP contribution in [-0.2, 0) is 0 Å². The largest absolute Gasteiger partial charge is 0.494 e. The fourth-order valence-electron chi connectivity index (χ4n) is 0.704. The highest BCUT2D eigenvalue weighted by molar-refractivity contribution is 5.32. The van der Waals surface area contributed by atoms with Crippen LogP contribution in [0.4, 0.5) is 4.39 Å². The van der Waals surface area contributed by atoms with E-state index >= 15 is 0 Å². The molecule has 0 spiro atoms. The molecule has 1 aromatic carbocycles. The first-order chi connectivity index (χ1) is 5.27. The minimum absolute atomic E-state index is 0.0447. The van der Waals surface area contributed by atoms with Crippen LogP contribution in [0.2, 0.25) is 0 Å². The Balaban J connectivity index is 2.99. The van der Waals surface area contributed by atoms with E-state index in [1.165, 1.54) is 19.2 Å². The van der Waals surface area contributed by atoms with E-state index in [4.69, 9.17) is 5.26 Å². The van der Waals surface area contributed by atoms with E-state index in [0.717, 1.165) is 6.07 Å². The summed E-state index contributed by atoms with van der Waals surface area (Å²) in [6, 6.07) is 3.78. The van der Waals surface area contributed by atoms with Gasteiger partial charge < -0.3 is 9.62 Å². The third-order valence-electron chi connectivity index (χ3n) is 1.23. The molecular weight excluding hydrogens is 151 g/mol. The lowest BCUT2D eigenvalue weighted by molar-refractivity contribution is -0.137. The smallest absolute Gasteiger partial charge is 0.168 e. The maximum atomic E-state index is 12.7. The van der Waals surface area contributed by atoms with Gasteiger partial charge >= 0.3 is 0 Å². The van der Waals surface area contributed by atoms with E-state index in [1.807, 2.05) is 0 Å². The number of halogens is 1. The average molecular weight is 158 g/mol. The quantitative estimate of drug-likeness (QED) is 0.525. The van der Waals surface area contributed by atoms with Gasteiger partial charge in [-0.3, -0.25) is 0 Å². The zero-order chi connectivity index (χ0) is 8.27. The normalized spacial score (nSPS) is 9.36. The molecule has 0 saturated heterocycles. The van der Waals surface area contributed by atoms with Gasteiger partial charge in [0.2, 0.25) is 0 Å². The lowest BCUT2D eigenvalue weighted by Crippen LogP contribution is -1.89. The Bertz CT molecular complexity index is 249. The van der Waals surface area contributed by atoms with E-state index in [-0.39, 0.29) is 11.5 Å². The number of hydrogen-bond donors (Lipinski definition) is 1. The van der Waals surface area contributed by atoms with Crippen molar-refractivity contribution in [3.05, 3.63) is 24.0 Å². The highest BCUT2D eigenvalue weighted by atomic mass is 19.1. The molecule has 3 nitrogen and oxygen atoms in total. The first-order valence-corrected chi connectivity index (χ1v) is 2.93. The number of hydrogen-bond acceptors (Lipinski definition) is 3. The van der Waals surface area contributed by atoms with Gasteiger partial charge in [0, 0.05) is 6.07 Å². The van der Waals surface area contributed by atoms with Crippen molar-refractivity contribution in [3.8, 4) is 11.5 Å². The molecule has 0 heterocycles. The number of methoxy groups -OCH3 is 1. The van der Waals surface area contributed by atoms with Gasteiger partial charge in [-0.2, -0.15) is 0 Å². The predicted molar refractivity (Wildman–Crippen MR) is 36.2 cm³/mol. The van der Waals surface area contributed by atoms with Crippen LogP contribution in [0.15, 0.2) is 18.2 Å². The Labute approximate surface area is 62.9 Å². The second kappa shape index (κ2) is 3.21. The van der Waals surface area contributed by atoms with Crippen molar-refractivity contribution in [2.24, 2.45) is 0 Å². The van der Waals surface area contributed by atoms with Gasteiger partial charge in [-0.15, -0.1) is 0 Å². The average Bonchev–Trinajstić information content (AvgIpc) is 2.04. The van der Waals surface area contributed by atoms with Crippen molar-refractivity contribution in [2.45, 2.75) is 0 Å². The highest BCUT2D eigenvalue weighted by Crippen LogP contribution is 2.21. The molecule has 0 unspecified atom stereocenters. The van der Waals surface area contributed by atoms with Crippen LogP contribution >= 0.6 is 0 Å². The monoisotopic (exact) mass is 158 g/mol. The van der Waals surface area contributed by atoms with E-state index in [9.17, 15) is 4.39 Å². The van der Waals surface area contributed by atoms with Gasteiger partial charge in [0.25, 0.3) is 0 Å². The summed E-state index contributed by atoms with van der Waals surface area (Å²) < 4.78 is 17.4. The highest BCUT2D eigenvalue weighted by Gasteiger charge is 2.02. The van der Waals surface area contributed by atoms with Gasteiger partial charge in [0.15, 0.2) is 17.3 Å². The molecule has 0 aliphatic heterocycles. The van der Waals surface area contributed by atoms with E-state index in [0.29, 0.717) is 0 Å². The fraction of sp³-hybridized carbons (Fsp3) is 0.143. The molecule has 0 amide bonds. The molecule has 0 radical (unpaired) electrons. The molecule has 0 fully saturated rings. The summed E-state index contributed by atoms with van der Waals surface area (Å²) in [5.74, 6) is -0.409. The Kier molecular flexibility index (Phi) is 2.28. The fourth-order valence-corrected chi connectivity index (χ4v) is 0.704. The molecule has 1 N–H and O–H groups in total. The molecule has 0 bridgehead atoms. The van der Waals surface area contributed by atoms with E-state index in [1.54, 1.807) is 0 Å². The third kappa shape index (κ3) is 1.59. The second-order valence-corrected chi connectivity index (χ2v) is 1.89. The Morgan fingerprint density at radius 2 is 2.18 bits per heavy atom. The number of ether oxygens (including phenoxy) is 1. The molecule has 11 heavy (non-hydrogen) atoms. The molecular formula is C7H7FO3. The van der Waals surface area contributed by atoms with Crippen molar-refractivity contribution in [1.29, 1.82) is 0 Å². The summed E-state index contributed by atoms with van der Waals surface area (Å²) in [6.07, 6.45) is 0. The van der Waals surface area contributed by atoms with Crippen LogP contribution in [0.25, 0.3) is 0 Å². The summed E-state index contributed by atoms with van der Waals surface area (Å²) >= 11 is 0. The minimum Gasteiger partial charge on any atom is -0.494 e. The zero-order valence-electron chi connectivity index (χ0n) is 5.87. The molecule has 1 aromatic rings. The van der Waals surface area contributed by atoms with Crippen molar-refractivity contribution < 1.29 is 19.3 Å². The molecule has 0 atom stereocenters. The summed E-state index contributed by atoms with van der Waals surface area (Å²) in [5, 5.41) is 8.12. The standard InChI is InChI=1S/C7H7FO3/c1-10-7-3-2-5(11-9)4-6(7)8/h2-4,9H,1H3. The lowest BCUT2D eigenvalue weighted by atomic mass is 10.3. The van der Waals surface area contributed by atoms with Gasteiger partial charge in [0.1, 0.15) is 0 Å². The van der Waals surface area contributed by atoms with Crippen molar-refractivity contribution in [3.63, 3.8) is 0 Å². The summed E-state index contributed by atoms with van der Waals surface area (Å²) in [7, 11) is 1.36. The first-order valence-electron chi connectivity index (χ1n) is 2.93. The van der Waals surface area contributed by atoms with Gasteiger partial charge in [-0.1, -0.05) is 0 Å². The van der Waals surface area contributed by atoms with Crippen LogP contribution in [0.1, 0.15) is 0 Å². The SMILES string of the molecule is COc1ccc(OO)cc1F. The number of benzene rings is 1. The van der Waals surface area contributed by atoms with Gasteiger partial charge in [0.05, 0.1) is 7.11 Å². The molecule has 0 aliphatic carbocycles. The van der Waals surface area contributed by atoms with Gasteiger partial charge in [-0.05, 0) is 12.1 Å². The van der Waals surface area contributed by atoms with Crippen LogP contribution in [-0.4, -0.2) is 12.4 Å². The summed E-state index contributed by atoms with van der Waals surface area (Å²) in [6.45, 7) is 0. The Morgan fingerprint density at radius 3 is 2.64 bits per heavy atom. The van der Waals surface area contributed by atoms with Gasteiger partial charge in [-0.25, -0.2) is 9.65 Å². The molecule has 0 saturated carbocycles. The maximum absolute atomic E-state index is 12.7. The number of rotatable bonds is 2. The Morgan fingerprint density at radius 1 is 1.45 bits per heavy atom. The maximum Gasteiger partial charge on any atom is 0.168 e. The van der Waals surface area contributed by atoms with Crippen LogP contribution in [0.3, 0.4) is 0 Å². The lowest BCUT2D eigenvalue weighted by Gasteiger charge is -2.01. The second-order valence-electron chi connectivity index (χ2n) is 1.89. The molecule has 4 heteroatoms. The predicted octanol–water partition coefficient (Wildman–Crippen LogP) is 1.69. The Hall–Kier alpha value is -1.29. The summed E-state index contributed by atoms with van der Waals surface area (Å²) in [5.41, 5.74) is 0. The minimum atomic E-state index is -0.570. The molecule has 0 aliphatic rings. The van der Waals surface area contributed by atoms with Crippen molar-refractivity contribution >= 4 is 0 Å².